The summed E-state index contributed by atoms with van der Waals surface area (Å²) in [5, 5.41) is 4.14. The quantitative estimate of drug-likeness (QED) is 0.267. The number of hydrogen-bond donors (Lipinski definition) is 1. The summed E-state index contributed by atoms with van der Waals surface area (Å²) in [6.45, 7) is 6.90. The van der Waals surface area contributed by atoms with Crippen LogP contribution in [-0.4, -0.2) is 111 Å². The van der Waals surface area contributed by atoms with Crippen molar-refractivity contribution in [3.05, 3.63) is 60.5 Å². The molecule has 2 aromatic carbocycles. The molecule has 11 heteroatoms. The smallest absolute Gasteiger partial charge is 0.186 e. The van der Waals surface area contributed by atoms with Crippen LogP contribution in [0.15, 0.2) is 54.9 Å². The van der Waals surface area contributed by atoms with Gasteiger partial charge in [0, 0.05) is 73.3 Å². The highest BCUT2D eigenvalue weighted by Crippen LogP contribution is 2.37. The number of benzene rings is 2. The molecular formula is C34H40N6O5. The van der Waals surface area contributed by atoms with E-state index in [9.17, 15) is 9.59 Å². The lowest BCUT2D eigenvalue weighted by atomic mass is 9.94. The van der Waals surface area contributed by atoms with E-state index < -0.39 is 0 Å². The summed E-state index contributed by atoms with van der Waals surface area (Å²) in [6.07, 6.45) is 7.96. The number of piperidine rings is 1. The number of piperazine rings is 1. The van der Waals surface area contributed by atoms with E-state index in [1.807, 2.05) is 24.3 Å². The number of anilines is 3. The van der Waals surface area contributed by atoms with Gasteiger partial charge in [-0.05, 0) is 75.5 Å². The van der Waals surface area contributed by atoms with Crippen LogP contribution in [0.3, 0.4) is 0 Å². The third-order valence-electron chi connectivity index (χ3n) is 8.85. The predicted molar refractivity (Wildman–Crippen MR) is 175 cm³/mol. The van der Waals surface area contributed by atoms with Gasteiger partial charge >= 0.3 is 0 Å². The Bertz CT molecular complexity index is 1620. The van der Waals surface area contributed by atoms with Gasteiger partial charge in [0.05, 0.1) is 19.2 Å². The third kappa shape index (κ3) is 6.85. The van der Waals surface area contributed by atoms with Crippen molar-refractivity contribution in [3.8, 4) is 11.5 Å². The number of carbonyl (C=O) groups excluding carboxylic acids is 2. The molecule has 0 radical (unpaired) electrons. The van der Waals surface area contributed by atoms with Gasteiger partial charge in [0.15, 0.2) is 23.1 Å². The molecule has 0 saturated carbocycles. The Labute approximate surface area is 263 Å². The van der Waals surface area contributed by atoms with E-state index in [0.29, 0.717) is 64.3 Å². The van der Waals surface area contributed by atoms with Gasteiger partial charge in [-0.15, -0.1) is 0 Å². The summed E-state index contributed by atoms with van der Waals surface area (Å²) >= 11 is 0. The van der Waals surface area contributed by atoms with Gasteiger partial charge in [0.2, 0.25) is 0 Å². The molecule has 1 aromatic heterocycles. The number of carbonyl (C=O) groups is 2. The molecule has 3 aliphatic rings. The van der Waals surface area contributed by atoms with E-state index in [0.717, 1.165) is 45.0 Å². The first-order valence-corrected chi connectivity index (χ1v) is 15.4. The first-order chi connectivity index (χ1) is 21.9. The lowest BCUT2D eigenvalue weighted by Gasteiger charge is -2.43. The van der Waals surface area contributed by atoms with Crippen molar-refractivity contribution in [2.75, 3.05) is 84.0 Å². The number of ether oxygens (including phenoxy) is 3. The fourth-order valence-corrected chi connectivity index (χ4v) is 6.28. The molecule has 1 N–H and O–H groups in total. The first kappa shape index (κ1) is 30.7. The van der Waals surface area contributed by atoms with E-state index in [1.54, 1.807) is 14.2 Å². The maximum absolute atomic E-state index is 13.1. The molecule has 6 rings (SSSR count). The number of nitrogens with zero attached hydrogens (tertiary/aromatic N) is 5. The maximum atomic E-state index is 13.1. The van der Waals surface area contributed by atoms with Gasteiger partial charge in [-0.25, -0.2) is 9.97 Å². The van der Waals surface area contributed by atoms with Crippen LogP contribution in [0.5, 0.6) is 11.5 Å². The highest BCUT2D eigenvalue weighted by atomic mass is 16.5. The van der Waals surface area contributed by atoms with Gasteiger partial charge in [0.1, 0.15) is 18.8 Å². The molecule has 3 aromatic rings. The summed E-state index contributed by atoms with van der Waals surface area (Å²) in [7, 11) is 5.39. The zero-order chi connectivity index (χ0) is 31.3. The van der Waals surface area contributed by atoms with Crippen molar-refractivity contribution in [3.63, 3.8) is 0 Å². The van der Waals surface area contributed by atoms with Crippen LogP contribution in [0.25, 0.3) is 16.5 Å². The normalized spacial score (nSPS) is 18.4. The average molecular weight is 613 g/mol. The molecule has 45 heavy (non-hydrogen) atoms. The van der Waals surface area contributed by atoms with Crippen molar-refractivity contribution >= 4 is 45.2 Å². The van der Waals surface area contributed by atoms with Gasteiger partial charge in [-0.3, -0.25) is 14.5 Å². The van der Waals surface area contributed by atoms with E-state index in [-0.39, 0.29) is 11.6 Å². The molecule has 236 valence electrons. The van der Waals surface area contributed by atoms with E-state index in [2.05, 4.69) is 43.1 Å². The molecule has 2 aliphatic heterocycles. The van der Waals surface area contributed by atoms with Crippen LogP contribution in [0, 0.1) is 0 Å². The van der Waals surface area contributed by atoms with Crippen molar-refractivity contribution in [2.45, 2.75) is 18.9 Å². The van der Waals surface area contributed by atoms with Crippen LogP contribution in [0.4, 0.5) is 17.2 Å². The number of hydrogen-bond acceptors (Lipinski definition) is 11. The minimum Gasteiger partial charge on any atom is -0.493 e. The zero-order valence-electron chi connectivity index (χ0n) is 26.1. The molecular weight excluding hydrogens is 572 g/mol. The van der Waals surface area contributed by atoms with Gasteiger partial charge < -0.3 is 29.3 Å². The summed E-state index contributed by atoms with van der Waals surface area (Å²) in [4.78, 5) is 41.9. The largest absolute Gasteiger partial charge is 0.493 e. The summed E-state index contributed by atoms with van der Waals surface area (Å²) in [5.41, 5.74) is 3.33. The van der Waals surface area contributed by atoms with Gasteiger partial charge in [-0.2, -0.15) is 0 Å². The minimum absolute atomic E-state index is 0.214. The Balaban J connectivity index is 1.29. The Morgan fingerprint density at radius 3 is 2.47 bits per heavy atom. The number of methoxy groups -OCH3 is 2. The second-order valence-corrected chi connectivity index (χ2v) is 11.7. The number of allylic oxidation sites excluding steroid dienone is 4. The van der Waals surface area contributed by atoms with Crippen molar-refractivity contribution in [1.82, 2.24) is 19.8 Å². The molecule has 0 spiro atoms. The number of nitrogens with one attached hydrogen (secondary N) is 1. The Morgan fingerprint density at radius 2 is 1.71 bits per heavy atom. The van der Waals surface area contributed by atoms with Crippen LogP contribution < -0.4 is 19.7 Å². The van der Waals surface area contributed by atoms with Crippen LogP contribution >= 0.6 is 0 Å². The summed E-state index contributed by atoms with van der Waals surface area (Å²) < 4.78 is 16.6. The van der Waals surface area contributed by atoms with E-state index >= 15 is 0 Å². The van der Waals surface area contributed by atoms with Crippen molar-refractivity contribution in [1.29, 1.82) is 0 Å². The Hall–Kier alpha value is -4.32. The number of fused-ring (bicyclic) bond motifs is 1. The van der Waals surface area contributed by atoms with Crippen molar-refractivity contribution < 1.29 is 23.8 Å². The number of ketones is 2. The number of rotatable bonds is 10. The van der Waals surface area contributed by atoms with E-state index in [4.69, 9.17) is 14.2 Å². The molecule has 0 bridgehead atoms. The fraction of sp³-hybridized carbons (Fsp3) is 0.412. The molecule has 2 fully saturated rings. The minimum atomic E-state index is -0.217. The zero-order valence-corrected chi connectivity index (χ0v) is 26.1. The van der Waals surface area contributed by atoms with Crippen LogP contribution in [0.2, 0.25) is 0 Å². The molecule has 2 saturated heterocycles. The van der Waals surface area contributed by atoms with E-state index in [1.165, 1.54) is 37.4 Å². The maximum Gasteiger partial charge on any atom is 0.186 e. The molecule has 0 atom stereocenters. The fourth-order valence-electron chi connectivity index (χ4n) is 6.28. The monoisotopic (exact) mass is 612 g/mol. The molecule has 0 unspecified atom stereocenters. The Kier molecular flexibility index (Phi) is 9.39. The number of aromatic nitrogens is 2. The van der Waals surface area contributed by atoms with Crippen LogP contribution in [-0.2, 0) is 14.3 Å². The molecule has 11 nitrogen and oxygen atoms in total. The Morgan fingerprint density at radius 1 is 0.911 bits per heavy atom. The first-order valence-electron chi connectivity index (χ1n) is 15.4. The van der Waals surface area contributed by atoms with Crippen LogP contribution in [0.1, 0.15) is 18.4 Å². The lowest BCUT2D eigenvalue weighted by Crippen LogP contribution is -2.53. The topological polar surface area (TPSA) is 109 Å². The SMILES string of the molecule is COCCOc1cc2ncnc(Nc3ccc(N4CCN(C5CCN(C)CC5)CC4)cc3C3=CC(=O)C=CC3=O)c2cc1OC. The summed E-state index contributed by atoms with van der Waals surface area (Å²) in [6, 6.07) is 10.3. The standard InChI is InChI=1S/C34H40N6O5/c1-38-10-8-23(9-11-38)39-12-14-40(15-13-39)24-4-6-29(26(18-24)27-19-25(41)5-7-31(27)42)37-34-28-20-32(44-3)33(45-17-16-43-2)21-30(28)35-22-36-34/h4-7,18-23H,8-17H2,1-3H3,(H,35,36,37). The highest BCUT2D eigenvalue weighted by molar-refractivity contribution is 6.34. The second-order valence-electron chi connectivity index (χ2n) is 11.7. The lowest BCUT2D eigenvalue weighted by molar-refractivity contribution is -0.113. The molecule has 3 heterocycles. The van der Waals surface area contributed by atoms with Gasteiger partial charge in [0.25, 0.3) is 0 Å². The highest BCUT2D eigenvalue weighted by Gasteiger charge is 2.27. The van der Waals surface area contributed by atoms with Crippen molar-refractivity contribution in [2.24, 2.45) is 0 Å². The average Bonchev–Trinajstić information content (AvgIpc) is 3.06. The molecule has 0 amide bonds. The van der Waals surface area contributed by atoms with Gasteiger partial charge in [-0.1, -0.05) is 0 Å². The molecule has 1 aliphatic carbocycles. The number of likely N-dealkylation sites (tertiary alicyclic amines) is 1. The summed E-state index contributed by atoms with van der Waals surface area (Å²) in [5.74, 6) is 1.19. The second kappa shape index (κ2) is 13.8. The predicted octanol–water partition coefficient (Wildman–Crippen LogP) is 3.71. The third-order valence-corrected chi connectivity index (χ3v) is 8.85.